The first-order chi connectivity index (χ1) is 8.24. The monoisotopic (exact) mass is 250 g/mol. The Morgan fingerprint density at radius 1 is 1.44 bits per heavy atom. The summed E-state index contributed by atoms with van der Waals surface area (Å²) in [6.45, 7) is 9.08. The minimum atomic E-state index is -0.193. The number of rotatable bonds is 4. The van der Waals surface area contributed by atoms with Crippen molar-refractivity contribution in [2.24, 2.45) is 18.4 Å². The van der Waals surface area contributed by atoms with Crippen LogP contribution in [0.15, 0.2) is 23.1 Å². The minimum Gasteiger partial charge on any atom is -0.351 e. The second kappa shape index (κ2) is 5.38. The molecule has 0 unspecified atom stereocenters. The van der Waals surface area contributed by atoms with Crippen LogP contribution in [0.25, 0.3) is 0 Å². The van der Waals surface area contributed by atoms with Crippen molar-refractivity contribution in [2.75, 3.05) is 6.54 Å². The maximum absolute atomic E-state index is 11.9. The van der Waals surface area contributed by atoms with E-state index in [1.54, 1.807) is 19.3 Å². The molecule has 0 bridgehead atoms. The van der Waals surface area contributed by atoms with Crippen LogP contribution in [-0.4, -0.2) is 17.0 Å². The first-order valence-electron chi connectivity index (χ1n) is 6.19. The van der Waals surface area contributed by atoms with E-state index in [0.29, 0.717) is 18.0 Å². The van der Waals surface area contributed by atoms with Crippen LogP contribution in [0.1, 0.15) is 38.1 Å². The number of carbonyl (C=O) groups is 1. The molecule has 0 aliphatic rings. The van der Waals surface area contributed by atoms with Gasteiger partial charge in [-0.05, 0) is 17.4 Å². The van der Waals surface area contributed by atoms with E-state index in [1.165, 1.54) is 10.6 Å². The summed E-state index contributed by atoms with van der Waals surface area (Å²) < 4.78 is 1.44. The van der Waals surface area contributed by atoms with E-state index in [2.05, 4.69) is 33.0 Å². The molecule has 4 heteroatoms. The Bertz CT molecular complexity index is 487. The Morgan fingerprint density at radius 3 is 2.56 bits per heavy atom. The summed E-state index contributed by atoms with van der Waals surface area (Å²) in [6.07, 6.45) is 1.60. The van der Waals surface area contributed by atoms with Crippen molar-refractivity contribution in [3.63, 3.8) is 0 Å². The lowest BCUT2D eigenvalue weighted by atomic mass is 9.81. The SMILES string of the molecule is CC(C)C(C)(C)CNC(=O)c1ccn(C)c(=O)c1. The van der Waals surface area contributed by atoms with Gasteiger partial charge in [-0.2, -0.15) is 0 Å². The number of nitrogens with one attached hydrogen (secondary N) is 1. The average Bonchev–Trinajstić information content (AvgIpc) is 2.29. The van der Waals surface area contributed by atoms with Gasteiger partial charge in [-0.25, -0.2) is 0 Å². The lowest BCUT2D eigenvalue weighted by Crippen LogP contribution is -2.37. The van der Waals surface area contributed by atoms with Gasteiger partial charge in [0.05, 0.1) is 0 Å². The second-order valence-corrected chi connectivity index (χ2v) is 5.69. The van der Waals surface area contributed by atoms with Crippen molar-refractivity contribution in [2.45, 2.75) is 27.7 Å². The number of aromatic nitrogens is 1. The minimum absolute atomic E-state index is 0.0371. The second-order valence-electron chi connectivity index (χ2n) is 5.69. The number of amides is 1. The molecule has 1 amide bonds. The first kappa shape index (κ1) is 14.5. The lowest BCUT2D eigenvalue weighted by molar-refractivity contribution is 0.0924. The molecule has 1 aromatic rings. The summed E-state index contributed by atoms with van der Waals surface area (Å²) >= 11 is 0. The molecular weight excluding hydrogens is 228 g/mol. The Labute approximate surface area is 108 Å². The van der Waals surface area contributed by atoms with Crippen molar-refractivity contribution in [3.05, 3.63) is 34.2 Å². The van der Waals surface area contributed by atoms with E-state index in [4.69, 9.17) is 0 Å². The summed E-state index contributed by atoms with van der Waals surface area (Å²) in [5, 5.41) is 2.88. The highest BCUT2D eigenvalue weighted by atomic mass is 16.2. The first-order valence-corrected chi connectivity index (χ1v) is 6.19. The van der Waals surface area contributed by atoms with E-state index in [-0.39, 0.29) is 16.9 Å². The van der Waals surface area contributed by atoms with Crippen molar-refractivity contribution in [1.82, 2.24) is 9.88 Å². The molecule has 0 aromatic carbocycles. The number of hydrogen-bond donors (Lipinski definition) is 1. The topological polar surface area (TPSA) is 51.1 Å². The number of hydrogen-bond acceptors (Lipinski definition) is 2. The molecule has 1 heterocycles. The molecular formula is C14H22N2O2. The predicted molar refractivity (Wildman–Crippen MR) is 72.6 cm³/mol. The maximum atomic E-state index is 11.9. The number of aryl methyl sites for hydroxylation is 1. The fourth-order valence-electron chi connectivity index (χ4n) is 1.30. The molecule has 0 spiro atoms. The highest BCUT2D eigenvalue weighted by Gasteiger charge is 2.23. The van der Waals surface area contributed by atoms with E-state index >= 15 is 0 Å². The van der Waals surface area contributed by atoms with Gasteiger partial charge >= 0.3 is 0 Å². The summed E-state index contributed by atoms with van der Waals surface area (Å²) in [7, 11) is 1.66. The fraction of sp³-hybridized carbons (Fsp3) is 0.571. The van der Waals surface area contributed by atoms with Crippen molar-refractivity contribution in [1.29, 1.82) is 0 Å². The normalized spacial score (nSPS) is 11.7. The molecule has 0 atom stereocenters. The zero-order chi connectivity index (χ0) is 13.9. The highest BCUT2D eigenvalue weighted by Crippen LogP contribution is 2.24. The summed E-state index contributed by atoms with van der Waals surface area (Å²) in [5.41, 5.74) is 0.276. The third-order valence-corrected chi connectivity index (χ3v) is 3.63. The van der Waals surface area contributed by atoms with Crippen LogP contribution in [0, 0.1) is 11.3 Å². The Morgan fingerprint density at radius 2 is 2.06 bits per heavy atom. The van der Waals surface area contributed by atoms with E-state index in [0.717, 1.165) is 0 Å². The molecule has 0 radical (unpaired) electrons. The highest BCUT2D eigenvalue weighted by molar-refractivity contribution is 5.93. The molecule has 0 saturated heterocycles. The smallest absolute Gasteiger partial charge is 0.251 e. The van der Waals surface area contributed by atoms with E-state index < -0.39 is 0 Å². The van der Waals surface area contributed by atoms with Crippen molar-refractivity contribution in [3.8, 4) is 0 Å². The third-order valence-electron chi connectivity index (χ3n) is 3.63. The van der Waals surface area contributed by atoms with Crippen LogP contribution in [0.3, 0.4) is 0 Å². The zero-order valence-corrected chi connectivity index (χ0v) is 11.8. The molecule has 1 aromatic heterocycles. The Hall–Kier alpha value is -1.58. The largest absolute Gasteiger partial charge is 0.351 e. The van der Waals surface area contributed by atoms with Crippen LogP contribution in [-0.2, 0) is 7.05 Å². The van der Waals surface area contributed by atoms with Gasteiger partial charge in [0.2, 0.25) is 0 Å². The van der Waals surface area contributed by atoms with Crippen LogP contribution >= 0.6 is 0 Å². The molecule has 18 heavy (non-hydrogen) atoms. The van der Waals surface area contributed by atoms with E-state index in [1.807, 2.05) is 0 Å². The summed E-state index contributed by atoms with van der Waals surface area (Å²) in [6, 6.07) is 3.01. The van der Waals surface area contributed by atoms with Gasteiger partial charge < -0.3 is 9.88 Å². The van der Waals surface area contributed by atoms with Crippen LogP contribution in [0.4, 0.5) is 0 Å². The third kappa shape index (κ3) is 3.45. The quantitative estimate of drug-likeness (QED) is 0.886. The molecule has 0 saturated carbocycles. The van der Waals surface area contributed by atoms with Gasteiger partial charge in [0.1, 0.15) is 0 Å². The fourth-order valence-corrected chi connectivity index (χ4v) is 1.30. The number of pyridine rings is 1. The standard InChI is InChI=1S/C14H22N2O2/c1-10(2)14(3,4)9-15-13(18)11-6-7-16(5)12(17)8-11/h6-8,10H,9H2,1-5H3,(H,15,18). The molecule has 1 rings (SSSR count). The molecule has 100 valence electrons. The average molecular weight is 250 g/mol. The van der Waals surface area contributed by atoms with Gasteiger partial charge in [-0.3, -0.25) is 9.59 Å². The number of nitrogens with zero attached hydrogens (tertiary/aromatic N) is 1. The number of carbonyl (C=O) groups excluding carboxylic acids is 1. The van der Waals surface area contributed by atoms with Crippen LogP contribution < -0.4 is 10.9 Å². The molecule has 4 nitrogen and oxygen atoms in total. The predicted octanol–water partition coefficient (Wildman–Crippen LogP) is 1.80. The maximum Gasteiger partial charge on any atom is 0.251 e. The lowest BCUT2D eigenvalue weighted by Gasteiger charge is -2.29. The van der Waals surface area contributed by atoms with Gasteiger partial charge in [-0.15, -0.1) is 0 Å². The molecule has 0 aliphatic heterocycles. The zero-order valence-electron chi connectivity index (χ0n) is 11.8. The van der Waals surface area contributed by atoms with Gasteiger partial charge in [-0.1, -0.05) is 27.7 Å². The molecule has 1 N–H and O–H groups in total. The van der Waals surface area contributed by atoms with Crippen LogP contribution in [0.2, 0.25) is 0 Å². The summed E-state index contributed by atoms with van der Waals surface area (Å²) in [4.78, 5) is 23.4. The van der Waals surface area contributed by atoms with Crippen molar-refractivity contribution < 1.29 is 4.79 Å². The Kier molecular flexibility index (Phi) is 4.33. The van der Waals surface area contributed by atoms with E-state index in [9.17, 15) is 9.59 Å². The van der Waals surface area contributed by atoms with Gasteiger partial charge in [0, 0.05) is 31.4 Å². The van der Waals surface area contributed by atoms with Gasteiger partial charge in [0.25, 0.3) is 11.5 Å². The van der Waals surface area contributed by atoms with Crippen LogP contribution in [0.5, 0.6) is 0 Å². The molecule has 0 aliphatic carbocycles. The summed E-state index contributed by atoms with van der Waals surface area (Å²) in [5.74, 6) is 0.280. The van der Waals surface area contributed by atoms with Crippen molar-refractivity contribution >= 4 is 5.91 Å². The van der Waals surface area contributed by atoms with Gasteiger partial charge in [0.15, 0.2) is 0 Å². The Balaban J connectivity index is 2.72. The molecule has 0 fully saturated rings.